The number of nitrogens with zero attached hydrogens (tertiary/aromatic N) is 2. The van der Waals surface area contributed by atoms with Crippen LogP contribution in [0.25, 0.3) is 0 Å². The summed E-state index contributed by atoms with van der Waals surface area (Å²) in [5, 5.41) is 0.783. The van der Waals surface area contributed by atoms with Gasteiger partial charge in [-0.15, -0.1) is 0 Å². The van der Waals surface area contributed by atoms with Gasteiger partial charge in [0.25, 0.3) is 0 Å². The van der Waals surface area contributed by atoms with Gasteiger partial charge in [0.05, 0.1) is 0 Å². The largest absolute Gasteiger partial charge is 0.371 e. The zero-order valence-electron chi connectivity index (χ0n) is 13.9. The molecule has 1 aliphatic rings. The summed E-state index contributed by atoms with van der Waals surface area (Å²) in [5.74, 6) is 0.447. The molecule has 5 heteroatoms. The number of likely N-dealkylation sites (tertiary alicyclic amines) is 1. The van der Waals surface area contributed by atoms with Crippen molar-refractivity contribution in [2.75, 3.05) is 25.0 Å². The molecule has 122 valence electrons. The summed E-state index contributed by atoms with van der Waals surface area (Å²) < 4.78 is 0. The highest BCUT2D eigenvalue weighted by molar-refractivity contribution is 6.31. The topological polar surface area (TPSA) is 49.6 Å². The molecule has 1 saturated heterocycles. The first kappa shape index (κ1) is 16.9. The Bertz CT molecular complexity index is 551. The van der Waals surface area contributed by atoms with Gasteiger partial charge < -0.3 is 15.5 Å². The molecular weight excluding hydrogens is 298 g/mol. The number of hydrogen-bond donors (Lipinski definition) is 1. The van der Waals surface area contributed by atoms with Crippen molar-refractivity contribution in [1.82, 2.24) is 4.90 Å². The van der Waals surface area contributed by atoms with Gasteiger partial charge in [0.2, 0.25) is 0 Å². The van der Waals surface area contributed by atoms with Crippen LogP contribution in [0.2, 0.25) is 5.02 Å². The smallest absolute Gasteiger partial charge is 0.314 e. The fourth-order valence-electron chi connectivity index (χ4n) is 3.32. The maximum atomic E-state index is 11.2. The van der Waals surface area contributed by atoms with Crippen LogP contribution in [0.1, 0.15) is 43.7 Å². The number of carbonyl (C=O) groups excluding carboxylic acids is 1. The predicted molar refractivity (Wildman–Crippen MR) is 92.9 cm³/mol. The molecule has 0 aromatic heterocycles. The Morgan fingerprint density at radius 2 is 1.95 bits per heavy atom. The third kappa shape index (κ3) is 3.49. The lowest BCUT2D eigenvalue weighted by Crippen LogP contribution is -2.47. The van der Waals surface area contributed by atoms with Crippen molar-refractivity contribution in [2.24, 2.45) is 5.73 Å². The summed E-state index contributed by atoms with van der Waals surface area (Å²) in [6.45, 7) is 7.99. The average molecular weight is 324 g/mol. The van der Waals surface area contributed by atoms with Crippen LogP contribution in [0.4, 0.5) is 10.5 Å². The zero-order valence-corrected chi connectivity index (χ0v) is 14.7. The Kier molecular flexibility index (Phi) is 5.22. The van der Waals surface area contributed by atoms with Gasteiger partial charge in [-0.2, -0.15) is 0 Å². The normalized spacial score (nSPS) is 16.2. The molecule has 0 saturated carbocycles. The molecule has 1 aromatic rings. The van der Waals surface area contributed by atoms with Gasteiger partial charge >= 0.3 is 6.03 Å². The van der Waals surface area contributed by atoms with Crippen molar-refractivity contribution < 1.29 is 4.79 Å². The summed E-state index contributed by atoms with van der Waals surface area (Å²) in [6, 6.07) is 4.20. The molecule has 0 spiro atoms. The number of amides is 2. The lowest BCUT2D eigenvalue weighted by Gasteiger charge is -2.38. The number of benzene rings is 1. The highest BCUT2D eigenvalue weighted by Crippen LogP contribution is 2.33. The molecule has 0 bridgehead atoms. The highest BCUT2D eigenvalue weighted by Gasteiger charge is 2.25. The van der Waals surface area contributed by atoms with Crippen LogP contribution in [0.3, 0.4) is 0 Å². The minimum Gasteiger partial charge on any atom is -0.371 e. The van der Waals surface area contributed by atoms with Crippen LogP contribution in [0.5, 0.6) is 0 Å². The van der Waals surface area contributed by atoms with E-state index >= 15 is 0 Å². The van der Waals surface area contributed by atoms with Crippen LogP contribution < -0.4 is 10.6 Å². The monoisotopic (exact) mass is 323 g/mol. The lowest BCUT2D eigenvalue weighted by atomic mass is 9.95. The van der Waals surface area contributed by atoms with Crippen LogP contribution in [-0.4, -0.2) is 37.1 Å². The number of piperidine rings is 1. The van der Waals surface area contributed by atoms with E-state index < -0.39 is 0 Å². The maximum absolute atomic E-state index is 11.2. The molecule has 0 atom stereocenters. The quantitative estimate of drug-likeness (QED) is 0.921. The van der Waals surface area contributed by atoms with Gasteiger partial charge in [-0.1, -0.05) is 25.4 Å². The Morgan fingerprint density at radius 3 is 2.45 bits per heavy atom. The van der Waals surface area contributed by atoms with E-state index in [1.54, 1.807) is 4.90 Å². The Morgan fingerprint density at radius 1 is 1.36 bits per heavy atom. The fourth-order valence-corrected chi connectivity index (χ4v) is 3.54. The Hall–Kier alpha value is -1.42. The first-order valence-electron chi connectivity index (χ1n) is 7.88. The average Bonchev–Trinajstić information content (AvgIpc) is 2.48. The van der Waals surface area contributed by atoms with Crippen molar-refractivity contribution in [3.63, 3.8) is 0 Å². The van der Waals surface area contributed by atoms with Crippen LogP contribution in [-0.2, 0) is 0 Å². The summed E-state index contributed by atoms with van der Waals surface area (Å²) in [4.78, 5) is 15.3. The highest BCUT2D eigenvalue weighted by atomic mass is 35.5. The first-order valence-corrected chi connectivity index (χ1v) is 8.26. The van der Waals surface area contributed by atoms with Gasteiger partial charge in [-0.3, -0.25) is 0 Å². The zero-order chi connectivity index (χ0) is 16.4. The van der Waals surface area contributed by atoms with Gasteiger partial charge in [-0.25, -0.2) is 4.79 Å². The molecule has 2 rings (SSSR count). The van der Waals surface area contributed by atoms with Crippen LogP contribution in [0, 0.1) is 6.92 Å². The van der Waals surface area contributed by atoms with Gasteiger partial charge in [0.1, 0.15) is 0 Å². The van der Waals surface area contributed by atoms with E-state index in [2.05, 4.69) is 38.8 Å². The molecule has 1 aromatic carbocycles. The minimum atomic E-state index is -0.317. The number of carbonyl (C=O) groups is 1. The van der Waals surface area contributed by atoms with E-state index in [-0.39, 0.29) is 6.03 Å². The number of halogens is 1. The SMILES string of the molecule is Cc1c(C(C)C)cc(Cl)cc1N(C)C1CCN(C(N)=O)CC1. The number of nitrogens with two attached hydrogens (primary N) is 1. The van der Waals surface area contributed by atoms with Crippen molar-refractivity contribution in [2.45, 2.75) is 45.6 Å². The molecule has 4 nitrogen and oxygen atoms in total. The number of urea groups is 1. The van der Waals surface area contributed by atoms with Crippen molar-refractivity contribution in [1.29, 1.82) is 0 Å². The molecule has 1 fully saturated rings. The maximum Gasteiger partial charge on any atom is 0.314 e. The second-order valence-electron chi connectivity index (χ2n) is 6.46. The molecule has 22 heavy (non-hydrogen) atoms. The third-order valence-corrected chi connectivity index (χ3v) is 4.93. The summed E-state index contributed by atoms with van der Waals surface area (Å²) in [6.07, 6.45) is 1.87. The van der Waals surface area contributed by atoms with Crippen molar-refractivity contribution in [3.05, 3.63) is 28.3 Å². The van der Waals surface area contributed by atoms with E-state index in [9.17, 15) is 4.79 Å². The van der Waals surface area contributed by atoms with E-state index in [1.807, 2.05) is 6.07 Å². The molecule has 1 aliphatic heterocycles. The van der Waals surface area contributed by atoms with Crippen molar-refractivity contribution >= 4 is 23.3 Å². The number of primary amides is 1. The molecule has 0 unspecified atom stereocenters. The number of rotatable bonds is 3. The molecule has 2 amide bonds. The van der Waals surface area contributed by atoms with E-state index in [0.29, 0.717) is 12.0 Å². The van der Waals surface area contributed by atoms with Crippen molar-refractivity contribution in [3.8, 4) is 0 Å². The number of anilines is 1. The molecule has 1 heterocycles. The number of hydrogen-bond acceptors (Lipinski definition) is 2. The lowest BCUT2D eigenvalue weighted by molar-refractivity contribution is 0.190. The molecule has 0 aliphatic carbocycles. The standard InChI is InChI=1S/C17H26ClN3O/c1-11(2)15-9-13(18)10-16(12(15)3)20(4)14-5-7-21(8-6-14)17(19)22/h9-11,14H,5-8H2,1-4H3,(H2,19,22). The van der Waals surface area contributed by atoms with Gasteiger partial charge in [0.15, 0.2) is 0 Å². The molecular formula is C17H26ClN3O. The van der Waals surface area contributed by atoms with Crippen LogP contribution >= 0.6 is 11.6 Å². The third-order valence-electron chi connectivity index (χ3n) is 4.71. The second-order valence-corrected chi connectivity index (χ2v) is 6.90. The van der Waals surface area contributed by atoms with Gasteiger partial charge in [-0.05, 0) is 48.9 Å². The second kappa shape index (κ2) is 6.78. The predicted octanol–water partition coefficient (Wildman–Crippen LogP) is 3.75. The minimum absolute atomic E-state index is 0.317. The fraction of sp³-hybridized carbons (Fsp3) is 0.588. The summed E-state index contributed by atoms with van der Waals surface area (Å²) >= 11 is 6.32. The Labute approximate surface area is 138 Å². The van der Waals surface area contributed by atoms with Crippen LogP contribution in [0.15, 0.2) is 12.1 Å². The first-order chi connectivity index (χ1) is 10.3. The summed E-state index contributed by atoms with van der Waals surface area (Å²) in [7, 11) is 2.12. The molecule has 2 N–H and O–H groups in total. The van der Waals surface area contributed by atoms with E-state index in [0.717, 1.165) is 31.0 Å². The van der Waals surface area contributed by atoms with E-state index in [4.69, 9.17) is 17.3 Å². The summed E-state index contributed by atoms with van der Waals surface area (Å²) in [5.41, 5.74) is 9.13. The van der Waals surface area contributed by atoms with Gasteiger partial charge in [0, 0.05) is 36.9 Å². The molecule has 0 radical (unpaired) electrons. The Balaban J connectivity index is 2.20. The van der Waals surface area contributed by atoms with E-state index in [1.165, 1.54) is 16.8 Å².